The third-order valence-corrected chi connectivity index (χ3v) is 4.92. The number of halogens is 2. The van der Waals surface area contributed by atoms with Crippen molar-refractivity contribution < 1.29 is 9.50 Å². The Morgan fingerprint density at radius 2 is 1.90 bits per heavy atom. The molecule has 0 aliphatic heterocycles. The standard InChI is InChI=1S/C17H16BrFO/c18-16-14(8-3-9-15(16)19)17(20)13-7-2-6-12(10-13)11-4-1-5-11/h2-3,6-11,17,20H,1,4-5H2. The molecule has 1 saturated carbocycles. The molecule has 104 valence electrons. The average Bonchev–Trinajstić information content (AvgIpc) is 2.40. The minimum Gasteiger partial charge on any atom is -0.384 e. The van der Waals surface area contributed by atoms with E-state index in [1.807, 2.05) is 18.2 Å². The Morgan fingerprint density at radius 1 is 1.15 bits per heavy atom. The lowest BCUT2D eigenvalue weighted by molar-refractivity contribution is 0.218. The molecule has 2 aromatic rings. The molecule has 3 heteroatoms. The van der Waals surface area contributed by atoms with Crippen LogP contribution in [0, 0.1) is 5.82 Å². The number of rotatable bonds is 3. The molecule has 0 saturated heterocycles. The zero-order chi connectivity index (χ0) is 14.1. The third kappa shape index (κ3) is 2.52. The molecular formula is C17H16BrFO. The van der Waals surface area contributed by atoms with Gasteiger partial charge >= 0.3 is 0 Å². The van der Waals surface area contributed by atoms with Crippen molar-refractivity contribution in [3.05, 3.63) is 69.4 Å². The Kier molecular flexibility index (Phi) is 3.90. The maximum absolute atomic E-state index is 13.6. The summed E-state index contributed by atoms with van der Waals surface area (Å²) in [6.45, 7) is 0. The van der Waals surface area contributed by atoms with E-state index in [0.29, 0.717) is 16.0 Å². The molecule has 1 N–H and O–H groups in total. The van der Waals surface area contributed by atoms with Gasteiger partial charge in [0.15, 0.2) is 0 Å². The van der Waals surface area contributed by atoms with E-state index in [2.05, 4.69) is 22.0 Å². The van der Waals surface area contributed by atoms with Crippen molar-refractivity contribution in [3.63, 3.8) is 0 Å². The molecular weight excluding hydrogens is 319 g/mol. The molecule has 0 spiro atoms. The van der Waals surface area contributed by atoms with Gasteiger partial charge in [0.25, 0.3) is 0 Å². The van der Waals surface area contributed by atoms with Crippen molar-refractivity contribution in [2.24, 2.45) is 0 Å². The van der Waals surface area contributed by atoms with E-state index < -0.39 is 6.10 Å². The van der Waals surface area contributed by atoms with Gasteiger partial charge in [-0.3, -0.25) is 0 Å². The molecule has 1 aliphatic carbocycles. The first-order valence-corrected chi connectivity index (χ1v) is 7.68. The predicted octanol–water partition coefficient (Wildman–Crippen LogP) is 4.94. The first-order valence-electron chi connectivity index (χ1n) is 6.88. The van der Waals surface area contributed by atoms with E-state index in [1.165, 1.54) is 30.9 Å². The Bertz CT molecular complexity index is 622. The van der Waals surface area contributed by atoms with Crippen LogP contribution in [0.1, 0.15) is 48.0 Å². The van der Waals surface area contributed by atoms with Gasteiger partial charge in [0, 0.05) is 5.56 Å². The molecule has 0 amide bonds. The summed E-state index contributed by atoms with van der Waals surface area (Å²) in [6, 6.07) is 12.8. The molecule has 3 rings (SSSR count). The van der Waals surface area contributed by atoms with Crippen LogP contribution in [-0.4, -0.2) is 5.11 Å². The molecule has 0 radical (unpaired) electrons. The lowest BCUT2D eigenvalue weighted by Gasteiger charge is -2.26. The normalized spacial score (nSPS) is 16.8. The molecule has 0 aromatic heterocycles. The van der Waals surface area contributed by atoms with Crippen LogP contribution >= 0.6 is 15.9 Å². The Hall–Kier alpha value is -1.19. The summed E-state index contributed by atoms with van der Waals surface area (Å²) in [4.78, 5) is 0. The second-order valence-corrected chi connectivity index (χ2v) is 6.14. The van der Waals surface area contributed by atoms with Crippen LogP contribution < -0.4 is 0 Å². The van der Waals surface area contributed by atoms with Crippen LogP contribution in [0.5, 0.6) is 0 Å². The van der Waals surface area contributed by atoms with Gasteiger partial charge in [-0.2, -0.15) is 0 Å². The van der Waals surface area contributed by atoms with E-state index in [-0.39, 0.29) is 5.82 Å². The molecule has 1 unspecified atom stereocenters. The van der Waals surface area contributed by atoms with E-state index in [4.69, 9.17) is 0 Å². The summed E-state index contributed by atoms with van der Waals surface area (Å²) >= 11 is 3.22. The third-order valence-electron chi connectivity index (χ3n) is 4.08. The number of hydrogen-bond acceptors (Lipinski definition) is 1. The maximum Gasteiger partial charge on any atom is 0.137 e. The van der Waals surface area contributed by atoms with Crippen LogP contribution in [0.4, 0.5) is 4.39 Å². The fourth-order valence-corrected chi connectivity index (χ4v) is 3.12. The van der Waals surface area contributed by atoms with E-state index in [1.54, 1.807) is 12.1 Å². The first-order chi connectivity index (χ1) is 9.66. The topological polar surface area (TPSA) is 20.2 Å². The first kappa shape index (κ1) is 13.8. The molecule has 1 aliphatic rings. The smallest absolute Gasteiger partial charge is 0.137 e. The number of aliphatic hydroxyl groups excluding tert-OH is 1. The Morgan fingerprint density at radius 3 is 2.60 bits per heavy atom. The highest BCUT2D eigenvalue weighted by Crippen LogP contribution is 2.38. The lowest BCUT2D eigenvalue weighted by atomic mass is 9.79. The minimum absolute atomic E-state index is 0.335. The molecule has 20 heavy (non-hydrogen) atoms. The lowest BCUT2D eigenvalue weighted by Crippen LogP contribution is -2.10. The molecule has 0 bridgehead atoms. The highest BCUT2D eigenvalue weighted by atomic mass is 79.9. The quantitative estimate of drug-likeness (QED) is 0.843. The van der Waals surface area contributed by atoms with Gasteiger partial charge in [0.2, 0.25) is 0 Å². The summed E-state index contributed by atoms with van der Waals surface area (Å²) in [5.41, 5.74) is 2.66. The molecule has 0 heterocycles. The van der Waals surface area contributed by atoms with E-state index >= 15 is 0 Å². The zero-order valence-corrected chi connectivity index (χ0v) is 12.6. The van der Waals surface area contributed by atoms with E-state index in [0.717, 1.165) is 5.56 Å². The monoisotopic (exact) mass is 334 g/mol. The number of aliphatic hydroxyl groups is 1. The van der Waals surface area contributed by atoms with Gasteiger partial charge in [0.1, 0.15) is 11.9 Å². The fourth-order valence-electron chi connectivity index (χ4n) is 2.64. The van der Waals surface area contributed by atoms with E-state index in [9.17, 15) is 9.50 Å². The second-order valence-electron chi connectivity index (χ2n) is 5.34. The number of benzene rings is 2. The Labute approximate surface area is 126 Å². The van der Waals surface area contributed by atoms with Gasteiger partial charge in [-0.05, 0) is 51.9 Å². The van der Waals surface area contributed by atoms with Gasteiger partial charge in [-0.25, -0.2) is 4.39 Å². The van der Waals surface area contributed by atoms with Crippen molar-refractivity contribution in [2.45, 2.75) is 31.3 Å². The van der Waals surface area contributed by atoms with Crippen LogP contribution in [0.25, 0.3) is 0 Å². The predicted molar refractivity (Wildman–Crippen MR) is 81.2 cm³/mol. The van der Waals surface area contributed by atoms with Crippen molar-refractivity contribution in [1.82, 2.24) is 0 Å². The molecule has 1 atom stereocenters. The van der Waals surface area contributed by atoms with Crippen LogP contribution in [0.3, 0.4) is 0 Å². The van der Waals surface area contributed by atoms with Gasteiger partial charge in [-0.15, -0.1) is 0 Å². The van der Waals surface area contributed by atoms with Crippen LogP contribution in [-0.2, 0) is 0 Å². The molecule has 1 fully saturated rings. The summed E-state index contributed by atoms with van der Waals surface area (Å²) in [5.74, 6) is 0.273. The van der Waals surface area contributed by atoms with Crippen LogP contribution in [0.2, 0.25) is 0 Å². The van der Waals surface area contributed by atoms with Gasteiger partial charge < -0.3 is 5.11 Å². The van der Waals surface area contributed by atoms with Crippen molar-refractivity contribution >= 4 is 15.9 Å². The second kappa shape index (κ2) is 5.66. The van der Waals surface area contributed by atoms with Crippen molar-refractivity contribution in [2.75, 3.05) is 0 Å². The summed E-state index contributed by atoms with van der Waals surface area (Å²) in [7, 11) is 0. The highest BCUT2D eigenvalue weighted by molar-refractivity contribution is 9.10. The largest absolute Gasteiger partial charge is 0.384 e. The zero-order valence-electron chi connectivity index (χ0n) is 11.0. The summed E-state index contributed by atoms with van der Waals surface area (Å²) in [6.07, 6.45) is 2.93. The fraction of sp³-hybridized carbons (Fsp3) is 0.294. The van der Waals surface area contributed by atoms with Gasteiger partial charge in [0.05, 0.1) is 4.47 Å². The van der Waals surface area contributed by atoms with Crippen molar-refractivity contribution in [1.29, 1.82) is 0 Å². The average molecular weight is 335 g/mol. The number of hydrogen-bond donors (Lipinski definition) is 1. The Balaban J connectivity index is 1.93. The molecule has 2 aromatic carbocycles. The summed E-state index contributed by atoms with van der Waals surface area (Å²) in [5, 5.41) is 10.5. The molecule has 1 nitrogen and oxygen atoms in total. The van der Waals surface area contributed by atoms with Gasteiger partial charge in [-0.1, -0.05) is 42.8 Å². The summed E-state index contributed by atoms with van der Waals surface area (Å²) < 4.78 is 13.9. The van der Waals surface area contributed by atoms with Crippen LogP contribution in [0.15, 0.2) is 46.9 Å². The van der Waals surface area contributed by atoms with Crippen molar-refractivity contribution in [3.8, 4) is 0 Å². The highest BCUT2D eigenvalue weighted by Gasteiger charge is 2.21. The maximum atomic E-state index is 13.6. The minimum atomic E-state index is -0.805. The SMILES string of the molecule is OC(c1cccc(C2CCC2)c1)c1cccc(F)c1Br.